The predicted octanol–water partition coefficient (Wildman–Crippen LogP) is 4.72. The normalized spacial score (nSPS) is 18.4. The monoisotopic (exact) mass is 463 g/mol. The van der Waals surface area contributed by atoms with Gasteiger partial charge in [-0.1, -0.05) is 18.2 Å². The number of nitrogens with zero attached hydrogens (tertiary/aromatic N) is 3. The maximum atomic E-state index is 13.8. The zero-order valence-electron chi connectivity index (χ0n) is 21.0. The predicted molar refractivity (Wildman–Crippen MR) is 136 cm³/mol. The number of anilines is 1. The summed E-state index contributed by atoms with van der Waals surface area (Å²) < 4.78 is 11.2. The minimum Gasteiger partial charge on any atom is -0.481 e. The number of allylic oxidation sites excluding steroid dienone is 2. The molecule has 0 spiro atoms. The average molecular weight is 464 g/mol. The van der Waals surface area contributed by atoms with Crippen molar-refractivity contribution >= 4 is 11.6 Å². The zero-order valence-corrected chi connectivity index (χ0v) is 21.0. The number of fused-ring (bicyclic) bond motifs is 2. The van der Waals surface area contributed by atoms with E-state index in [0.717, 1.165) is 74.2 Å². The SMILES string of the molecule is CCN(c1cccc2c1C/C=C\CCc1cc(C)nc(OC)c1CN(C)C2=O)C1CCOCC1. The van der Waals surface area contributed by atoms with E-state index < -0.39 is 0 Å². The largest absolute Gasteiger partial charge is 0.481 e. The quantitative estimate of drug-likeness (QED) is 0.614. The van der Waals surface area contributed by atoms with Gasteiger partial charge in [0.25, 0.3) is 5.91 Å². The molecule has 6 heteroatoms. The maximum absolute atomic E-state index is 13.8. The summed E-state index contributed by atoms with van der Waals surface area (Å²) in [5, 5.41) is 0. The minimum absolute atomic E-state index is 0.0300. The van der Waals surface area contributed by atoms with Crippen LogP contribution in [0.3, 0.4) is 0 Å². The van der Waals surface area contributed by atoms with Gasteiger partial charge in [-0.25, -0.2) is 4.98 Å². The Hall–Kier alpha value is -2.86. The van der Waals surface area contributed by atoms with Gasteiger partial charge in [0, 0.05) is 55.4 Å². The first-order chi connectivity index (χ1) is 16.5. The van der Waals surface area contributed by atoms with E-state index in [4.69, 9.17) is 9.47 Å². The minimum atomic E-state index is 0.0300. The molecule has 0 unspecified atom stereocenters. The molecule has 1 fully saturated rings. The van der Waals surface area contributed by atoms with Gasteiger partial charge in [-0.05, 0) is 75.3 Å². The van der Waals surface area contributed by atoms with Crippen molar-refractivity contribution < 1.29 is 14.3 Å². The standard InChI is InChI=1S/C28H37N3O3/c1-5-31(22-14-16-34-17-15-22)26-13-9-12-24-23(26)11-8-6-7-10-21-18-20(2)29-27(33-4)25(21)19-30(3)28(24)32/h6,8-9,12-13,18,22H,5,7,10-11,14-17,19H2,1-4H3/b8-6-. The highest BCUT2D eigenvalue weighted by atomic mass is 16.5. The van der Waals surface area contributed by atoms with Crippen molar-refractivity contribution in [3.05, 3.63) is 64.4 Å². The smallest absolute Gasteiger partial charge is 0.254 e. The van der Waals surface area contributed by atoms with Gasteiger partial charge in [0.1, 0.15) is 0 Å². The third kappa shape index (κ3) is 5.12. The number of carbonyl (C=O) groups is 1. The van der Waals surface area contributed by atoms with Crippen LogP contribution in [0, 0.1) is 6.92 Å². The van der Waals surface area contributed by atoms with Crippen LogP contribution in [0.25, 0.3) is 0 Å². The van der Waals surface area contributed by atoms with Gasteiger partial charge in [-0.15, -0.1) is 0 Å². The number of methoxy groups -OCH3 is 1. The molecular weight excluding hydrogens is 426 g/mol. The molecule has 3 heterocycles. The number of benzene rings is 1. The summed E-state index contributed by atoms with van der Waals surface area (Å²) in [6.07, 6.45) is 9.08. The fourth-order valence-corrected chi connectivity index (χ4v) is 5.25. The summed E-state index contributed by atoms with van der Waals surface area (Å²) in [5.41, 5.74) is 6.18. The third-order valence-electron chi connectivity index (χ3n) is 6.97. The van der Waals surface area contributed by atoms with E-state index in [1.54, 1.807) is 12.0 Å². The number of ether oxygens (including phenoxy) is 2. The molecule has 0 bridgehead atoms. The van der Waals surface area contributed by atoms with Crippen molar-refractivity contribution in [1.29, 1.82) is 0 Å². The molecule has 4 rings (SSSR count). The molecular formula is C28H37N3O3. The second-order valence-electron chi connectivity index (χ2n) is 9.22. The maximum Gasteiger partial charge on any atom is 0.254 e. The molecule has 0 atom stereocenters. The van der Waals surface area contributed by atoms with Crippen molar-refractivity contribution in [2.75, 3.05) is 38.8 Å². The Balaban J connectivity index is 1.75. The first kappa shape index (κ1) is 24.3. The van der Waals surface area contributed by atoms with Crippen molar-refractivity contribution in [2.45, 2.75) is 58.5 Å². The Kier molecular flexibility index (Phi) is 7.88. The lowest BCUT2D eigenvalue weighted by atomic mass is 9.96. The molecule has 0 aliphatic carbocycles. The lowest BCUT2D eigenvalue weighted by Crippen LogP contribution is -2.40. The molecule has 0 saturated carbocycles. The molecule has 0 N–H and O–H groups in total. The Bertz CT molecular complexity index is 1040. The zero-order chi connectivity index (χ0) is 24.1. The number of hydrogen-bond acceptors (Lipinski definition) is 5. The number of aromatic nitrogens is 1. The van der Waals surface area contributed by atoms with Crippen LogP contribution in [0.15, 0.2) is 36.4 Å². The molecule has 1 aromatic heterocycles. The third-order valence-corrected chi connectivity index (χ3v) is 6.97. The van der Waals surface area contributed by atoms with Crippen LogP contribution in [0.4, 0.5) is 5.69 Å². The first-order valence-electron chi connectivity index (χ1n) is 12.4. The van der Waals surface area contributed by atoms with Crippen LogP contribution in [0.2, 0.25) is 0 Å². The Morgan fingerprint density at radius 3 is 2.74 bits per heavy atom. The van der Waals surface area contributed by atoms with Crippen molar-refractivity contribution in [2.24, 2.45) is 0 Å². The average Bonchev–Trinajstić information content (AvgIpc) is 2.85. The Morgan fingerprint density at radius 1 is 1.21 bits per heavy atom. The van der Waals surface area contributed by atoms with Crippen LogP contribution in [-0.4, -0.2) is 55.7 Å². The number of hydrogen-bond donors (Lipinski definition) is 0. The molecule has 6 nitrogen and oxygen atoms in total. The van der Waals surface area contributed by atoms with Crippen LogP contribution < -0.4 is 9.64 Å². The van der Waals surface area contributed by atoms with Gasteiger partial charge in [0.2, 0.25) is 5.88 Å². The lowest BCUT2D eigenvalue weighted by molar-refractivity contribution is 0.0781. The molecule has 2 aliphatic heterocycles. The van der Waals surface area contributed by atoms with Crippen molar-refractivity contribution in [1.82, 2.24) is 9.88 Å². The van der Waals surface area contributed by atoms with E-state index in [1.807, 2.05) is 26.1 Å². The highest BCUT2D eigenvalue weighted by molar-refractivity contribution is 5.97. The number of carbonyl (C=O) groups excluding carboxylic acids is 1. The second kappa shape index (κ2) is 11.0. The van der Waals surface area contributed by atoms with Gasteiger partial charge >= 0.3 is 0 Å². The van der Waals surface area contributed by atoms with E-state index in [1.165, 1.54) is 11.3 Å². The summed E-state index contributed by atoms with van der Waals surface area (Å²) >= 11 is 0. The fraction of sp³-hybridized carbons (Fsp3) is 0.500. The van der Waals surface area contributed by atoms with E-state index in [0.29, 0.717) is 18.5 Å². The topological polar surface area (TPSA) is 54.9 Å². The Labute approximate surface area is 203 Å². The fourth-order valence-electron chi connectivity index (χ4n) is 5.25. The van der Waals surface area contributed by atoms with Gasteiger partial charge in [-0.3, -0.25) is 4.79 Å². The molecule has 1 amide bonds. The summed E-state index contributed by atoms with van der Waals surface area (Å²) in [5.74, 6) is 0.642. The van der Waals surface area contributed by atoms with Crippen LogP contribution in [-0.2, 0) is 24.1 Å². The molecule has 2 aromatic rings. The van der Waals surface area contributed by atoms with E-state index in [9.17, 15) is 4.79 Å². The van der Waals surface area contributed by atoms with Gasteiger partial charge in [0.15, 0.2) is 0 Å². The summed E-state index contributed by atoms with van der Waals surface area (Å²) in [7, 11) is 3.52. The summed E-state index contributed by atoms with van der Waals surface area (Å²) in [4.78, 5) is 22.6. The molecule has 1 aromatic carbocycles. The first-order valence-corrected chi connectivity index (χ1v) is 12.4. The van der Waals surface area contributed by atoms with Crippen molar-refractivity contribution in [3.63, 3.8) is 0 Å². The van der Waals surface area contributed by atoms with E-state index in [2.05, 4.69) is 41.1 Å². The van der Waals surface area contributed by atoms with E-state index in [-0.39, 0.29) is 5.91 Å². The van der Waals surface area contributed by atoms with E-state index >= 15 is 0 Å². The summed E-state index contributed by atoms with van der Waals surface area (Å²) in [6, 6.07) is 8.73. The number of pyridine rings is 1. The lowest BCUT2D eigenvalue weighted by Gasteiger charge is -2.37. The highest BCUT2D eigenvalue weighted by Gasteiger charge is 2.26. The van der Waals surface area contributed by atoms with Gasteiger partial charge < -0.3 is 19.3 Å². The number of aryl methyl sites for hydroxylation is 2. The van der Waals surface area contributed by atoms with Gasteiger partial charge in [0.05, 0.1) is 13.7 Å². The van der Waals surface area contributed by atoms with Crippen molar-refractivity contribution in [3.8, 4) is 5.88 Å². The molecule has 1 saturated heterocycles. The Morgan fingerprint density at radius 2 is 2.00 bits per heavy atom. The summed E-state index contributed by atoms with van der Waals surface area (Å²) in [6.45, 7) is 7.16. The number of rotatable bonds is 4. The molecule has 34 heavy (non-hydrogen) atoms. The number of amides is 1. The molecule has 0 radical (unpaired) electrons. The van der Waals surface area contributed by atoms with Crippen LogP contribution in [0.1, 0.15) is 58.9 Å². The molecule has 2 aliphatic rings. The molecule has 182 valence electrons. The highest BCUT2D eigenvalue weighted by Crippen LogP contribution is 2.31. The van der Waals surface area contributed by atoms with Crippen LogP contribution in [0.5, 0.6) is 5.88 Å². The van der Waals surface area contributed by atoms with Crippen LogP contribution >= 0.6 is 0 Å². The second-order valence-corrected chi connectivity index (χ2v) is 9.22. The van der Waals surface area contributed by atoms with Gasteiger partial charge in [-0.2, -0.15) is 0 Å².